The summed E-state index contributed by atoms with van der Waals surface area (Å²) < 4.78 is 10.4. The zero-order valence-electron chi connectivity index (χ0n) is 18.8. The summed E-state index contributed by atoms with van der Waals surface area (Å²) in [6, 6.07) is 8.48. The van der Waals surface area contributed by atoms with Gasteiger partial charge in [-0.3, -0.25) is 24.5 Å². The zero-order chi connectivity index (χ0) is 25.9. The number of amides is 3. The maximum absolute atomic E-state index is 13.1. The molecule has 2 fully saturated rings. The fraction of sp³-hybridized carbons (Fsp3) is 0.364. The molecule has 3 atom stereocenters. The Morgan fingerprint density at radius 2 is 1.97 bits per heavy atom. The number of hydrogen-bond acceptors (Lipinski definition) is 10. The van der Waals surface area contributed by atoms with Crippen LogP contribution >= 0.6 is 23.1 Å². The summed E-state index contributed by atoms with van der Waals surface area (Å²) >= 11 is 2.72. The maximum atomic E-state index is 13.1. The Balaban J connectivity index is 1.39. The molecule has 1 aromatic heterocycles. The van der Waals surface area contributed by atoms with Crippen LogP contribution in [0.5, 0.6) is 0 Å². The molecule has 0 aliphatic carbocycles. The van der Waals surface area contributed by atoms with Gasteiger partial charge in [0, 0.05) is 29.3 Å². The summed E-state index contributed by atoms with van der Waals surface area (Å²) in [5.74, 6) is -1.16. The van der Waals surface area contributed by atoms with Crippen LogP contribution in [0, 0.1) is 15.5 Å². The van der Waals surface area contributed by atoms with Crippen molar-refractivity contribution in [3.63, 3.8) is 0 Å². The van der Waals surface area contributed by atoms with Gasteiger partial charge in [-0.05, 0) is 29.1 Å². The van der Waals surface area contributed by atoms with E-state index in [0.717, 1.165) is 4.88 Å². The van der Waals surface area contributed by atoms with Crippen LogP contribution in [-0.2, 0) is 36.9 Å². The van der Waals surface area contributed by atoms with E-state index in [1.165, 1.54) is 52.3 Å². The number of nitrogens with two attached hydrogens (primary N) is 1. The van der Waals surface area contributed by atoms with E-state index in [-0.39, 0.29) is 54.8 Å². The largest absolute Gasteiger partial charge is 0.460 e. The molecule has 36 heavy (non-hydrogen) atoms. The van der Waals surface area contributed by atoms with Gasteiger partial charge in [0.25, 0.3) is 5.69 Å². The third-order valence-corrected chi connectivity index (χ3v) is 8.28. The number of nitrogens with one attached hydrogen (secondary N) is 1. The first-order valence-electron chi connectivity index (χ1n) is 10.8. The topological polar surface area (TPSA) is 171 Å². The number of benzene rings is 1. The van der Waals surface area contributed by atoms with Crippen LogP contribution in [0.15, 0.2) is 41.8 Å². The molecule has 14 heteroatoms. The van der Waals surface area contributed by atoms with Crippen molar-refractivity contribution >= 4 is 52.7 Å². The number of thiophene rings is 1. The molecule has 2 aliphatic rings. The minimum Gasteiger partial charge on any atom is -0.460 e. The number of nitro benzene ring substituents is 1. The molecule has 2 aromatic rings. The molecule has 2 aliphatic heterocycles. The second-order valence-electron chi connectivity index (χ2n) is 8.36. The maximum Gasteiger partial charge on any atom is 0.404 e. The van der Waals surface area contributed by atoms with Crippen molar-refractivity contribution in [3.8, 4) is 0 Å². The molecule has 0 spiro atoms. The minimum absolute atomic E-state index is 0.0762. The van der Waals surface area contributed by atoms with Gasteiger partial charge in [-0.2, -0.15) is 0 Å². The molecular weight excluding hydrogens is 512 g/mol. The monoisotopic (exact) mass is 534 g/mol. The number of non-ortho nitro benzene ring substituents is 1. The molecule has 12 nitrogen and oxygen atoms in total. The highest BCUT2D eigenvalue weighted by molar-refractivity contribution is 8.00. The van der Waals surface area contributed by atoms with Gasteiger partial charge >= 0.3 is 12.1 Å². The summed E-state index contributed by atoms with van der Waals surface area (Å²) in [6.45, 7) is -0.633. The van der Waals surface area contributed by atoms with Crippen molar-refractivity contribution in [2.45, 2.75) is 24.4 Å². The van der Waals surface area contributed by atoms with Crippen molar-refractivity contribution in [2.24, 2.45) is 11.1 Å². The highest BCUT2D eigenvalue weighted by Crippen LogP contribution is 2.43. The average Bonchev–Trinajstić information content (AvgIpc) is 3.37. The van der Waals surface area contributed by atoms with E-state index in [1.54, 1.807) is 0 Å². The van der Waals surface area contributed by atoms with Gasteiger partial charge in [-0.25, -0.2) is 4.79 Å². The summed E-state index contributed by atoms with van der Waals surface area (Å²) in [5.41, 5.74) is 4.17. The third-order valence-electron chi connectivity index (χ3n) is 5.82. The molecular formula is C22H22N4O8S2. The first kappa shape index (κ1) is 25.4. The first-order valence-corrected chi connectivity index (χ1v) is 12.7. The first-order chi connectivity index (χ1) is 17.2. The van der Waals surface area contributed by atoms with Crippen LogP contribution < -0.4 is 11.1 Å². The fourth-order valence-electron chi connectivity index (χ4n) is 3.92. The highest BCUT2D eigenvalue weighted by Gasteiger charge is 2.58. The number of carbonyl (C=O) groups excluding carboxylic acids is 4. The molecule has 1 aromatic carbocycles. The normalized spacial score (nSPS) is 22.7. The SMILES string of the molecule is NC(=O)OCC1(C(=O)OCc2ccc([N+](=O)[O-])cc2)CS[C@@H]2C(NC(=O)Cc3cccs3)C(=O)N2C1. The number of β-lactam (4-membered cyclic amide) rings is 1. The average molecular weight is 535 g/mol. The van der Waals surface area contributed by atoms with E-state index < -0.39 is 28.4 Å². The molecule has 190 valence electrons. The van der Waals surface area contributed by atoms with Crippen molar-refractivity contribution < 1.29 is 33.6 Å². The Morgan fingerprint density at radius 3 is 2.61 bits per heavy atom. The number of esters is 1. The molecule has 3 N–H and O–H groups in total. The Kier molecular flexibility index (Phi) is 7.45. The van der Waals surface area contributed by atoms with Gasteiger partial charge < -0.3 is 25.4 Å². The van der Waals surface area contributed by atoms with Crippen molar-refractivity contribution in [2.75, 3.05) is 18.9 Å². The van der Waals surface area contributed by atoms with Crippen molar-refractivity contribution in [1.82, 2.24) is 10.2 Å². The Bertz CT molecular complexity index is 1170. The summed E-state index contributed by atoms with van der Waals surface area (Å²) in [6.07, 6.45) is -0.900. The summed E-state index contributed by atoms with van der Waals surface area (Å²) in [5, 5.41) is 15.1. The van der Waals surface area contributed by atoms with E-state index in [9.17, 15) is 29.3 Å². The molecule has 3 heterocycles. The van der Waals surface area contributed by atoms with Gasteiger partial charge in [-0.1, -0.05) is 6.07 Å². The predicted molar refractivity (Wildman–Crippen MR) is 129 cm³/mol. The van der Waals surface area contributed by atoms with E-state index in [4.69, 9.17) is 15.2 Å². The van der Waals surface area contributed by atoms with Crippen LogP contribution in [0.1, 0.15) is 10.4 Å². The lowest BCUT2D eigenvalue weighted by Gasteiger charge is -2.53. The fourth-order valence-corrected chi connectivity index (χ4v) is 6.14. The van der Waals surface area contributed by atoms with Crippen LogP contribution in [0.4, 0.5) is 10.5 Å². The molecule has 0 saturated carbocycles. The highest BCUT2D eigenvalue weighted by atomic mass is 32.2. The van der Waals surface area contributed by atoms with Crippen LogP contribution in [-0.4, -0.2) is 64.0 Å². The number of fused-ring (bicyclic) bond motifs is 1. The number of ether oxygens (including phenoxy) is 2. The predicted octanol–water partition coefficient (Wildman–Crippen LogP) is 1.42. The number of nitrogens with zero attached hydrogens (tertiary/aromatic N) is 2. The number of rotatable bonds is 9. The Hall–Kier alpha value is -3.65. The van der Waals surface area contributed by atoms with Crippen molar-refractivity contribution in [3.05, 3.63) is 62.3 Å². The van der Waals surface area contributed by atoms with E-state index in [0.29, 0.717) is 5.56 Å². The van der Waals surface area contributed by atoms with Crippen molar-refractivity contribution in [1.29, 1.82) is 0 Å². The number of primary amides is 1. The van der Waals surface area contributed by atoms with E-state index in [1.807, 2.05) is 17.5 Å². The van der Waals surface area contributed by atoms with Crippen LogP contribution in [0.3, 0.4) is 0 Å². The number of nitro groups is 1. The second kappa shape index (κ2) is 10.5. The molecule has 0 radical (unpaired) electrons. The standard InChI is InChI=1S/C22H22N4O8S2/c23-21(30)34-11-22(20(29)33-9-13-3-5-14(6-4-13)26(31)32)10-25-18(28)17(19(25)36-12-22)24-16(27)8-15-2-1-7-35-15/h1-7,17,19H,8-12H2,(H2,23,30)(H,24,27)/t17?,19-,22?/m1/s1. The van der Waals surface area contributed by atoms with Gasteiger partial charge in [0.05, 0.1) is 11.3 Å². The summed E-state index contributed by atoms with van der Waals surface area (Å²) in [4.78, 5) is 62.1. The van der Waals surface area contributed by atoms with Gasteiger partial charge in [0.2, 0.25) is 11.8 Å². The van der Waals surface area contributed by atoms with Gasteiger partial charge in [0.15, 0.2) is 0 Å². The molecule has 2 saturated heterocycles. The molecule has 4 rings (SSSR count). The van der Waals surface area contributed by atoms with Gasteiger partial charge in [-0.15, -0.1) is 23.1 Å². The van der Waals surface area contributed by atoms with Gasteiger partial charge in [0.1, 0.15) is 30.0 Å². The number of thioether (sulfide) groups is 1. The Morgan fingerprint density at radius 1 is 1.22 bits per heavy atom. The molecule has 0 bridgehead atoms. The smallest absolute Gasteiger partial charge is 0.404 e. The molecule has 3 amide bonds. The zero-order valence-corrected chi connectivity index (χ0v) is 20.4. The lowest BCUT2D eigenvalue weighted by atomic mass is 9.88. The van der Waals surface area contributed by atoms with E-state index >= 15 is 0 Å². The lowest BCUT2D eigenvalue weighted by Crippen LogP contribution is -2.74. The minimum atomic E-state index is -1.36. The third kappa shape index (κ3) is 5.44. The Labute approximate surface area is 213 Å². The number of carbonyl (C=O) groups is 4. The molecule has 2 unspecified atom stereocenters. The second-order valence-corrected chi connectivity index (χ2v) is 10.5. The quantitative estimate of drug-likeness (QED) is 0.209. The van der Waals surface area contributed by atoms with Crippen LogP contribution in [0.25, 0.3) is 0 Å². The summed E-state index contributed by atoms with van der Waals surface area (Å²) in [7, 11) is 0. The number of hydrogen-bond donors (Lipinski definition) is 2. The van der Waals surface area contributed by atoms with Crippen LogP contribution in [0.2, 0.25) is 0 Å². The van der Waals surface area contributed by atoms with E-state index in [2.05, 4.69) is 5.32 Å². The lowest BCUT2D eigenvalue weighted by molar-refractivity contribution is -0.384.